The van der Waals surface area contributed by atoms with E-state index >= 15 is 0 Å². The van der Waals surface area contributed by atoms with Gasteiger partial charge >= 0.3 is 0 Å². The zero-order valence-electron chi connectivity index (χ0n) is 11.1. The molecule has 2 rings (SSSR count). The van der Waals surface area contributed by atoms with Crippen LogP contribution in [0.3, 0.4) is 0 Å². The van der Waals surface area contributed by atoms with Gasteiger partial charge in [-0.15, -0.1) is 0 Å². The van der Waals surface area contributed by atoms with E-state index in [1.165, 1.54) is 0 Å². The molecule has 1 heterocycles. The number of anilines is 1. The lowest BCUT2D eigenvalue weighted by atomic mass is 10.1. The second-order valence-corrected chi connectivity index (χ2v) is 5.04. The van der Waals surface area contributed by atoms with Gasteiger partial charge in [-0.05, 0) is 25.1 Å². The number of rotatable bonds is 5. The second kappa shape index (κ2) is 6.89. The molecular formula is C14H19ClN2O2. The average Bonchev–Trinajstić information content (AvgIpc) is 2.42. The smallest absolute Gasteiger partial charge is 0.159 e. The number of hydrogen-bond acceptors (Lipinski definition) is 4. The van der Waals surface area contributed by atoms with Gasteiger partial charge < -0.3 is 10.1 Å². The van der Waals surface area contributed by atoms with Crippen LogP contribution in [0.1, 0.15) is 17.3 Å². The van der Waals surface area contributed by atoms with E-state index in [4.69, 9.17) is 16.3 Å². The van der Waals surface area contributed by atoms with Crippen molar-refractivity contribution in [3.8, 4) is 0 Å². The summed E-state index contributed by atoms with van der Waals surface area (Å²) in [5.74, 6) is 0.0490. The first-order valence-corrected chi connectivity index (χ1v) is 6.89. The van der Waals surface area contributed by atoms with E-state index in [2.05, 4.69) is 10.2 Å². The molecule has 0 aliphatic carbocycles. The molecule has 0 aromatic heterocycles. The van der Waals surface area contributed by atoms with Crippen molar-refractivity contribution in [2.45, 2.75) is 6.92 Å². The molecule has 0 saturated carbocycles. The molecule has 1 N–H and O–H groups in total. The number of ketones is 1. The highest BCUT2D eigenvalue weighted by atomic mass is 35.5. The van der Waals surface area contributed by atoms with Crippen LogP contribution >= 0.6 is 11.6 Å². The molecule has 0 radical (unpaired) electrons. The van der Waals surface area contributed by atoms with E-state index in [1.54, 1.807) is 19.1 Å². The fraction of sp³-hybridized carbons (Fsp3) is 0.500. The average molecular weight is 283 g/mol. The van der Waals surface area contributed by atoms with Gasteiger partial charge in [0.2, 0.25) is 0 Å². The van der Waals surface area contributed by atoms with E-state index in [0.717, 1.165) is 45.1 Å². The lowest BCUT2D eigenvalue weighted by molar-refractivity contribution is 0.0398. The Kier molecular flexibility index (Phi) is 5.19. The minimum Gasteiger partial charge on any atom is -0.383 e. The molecule has 0 amide bonds. The predicted molar refractivity (Wildman–Crippen MR) is 77.2 cm³/mol. The SMILES string of the molecule is CC(=O)c1ccc(Cl)c(NCCN2CCOCC2)c1. The minimum atomic E-state index is 0.0490. The summed E-state index contributed by atoms with van der Waals surface area (Å²) in [5.41, 5.74) is 1.50. The maximum atomic E-state index is 11.3. The molecule has 0 bridgehead atoms. The molecule has 0 unspecified atom stereocenters. The summed E-state index contributed by atoms with van der Waals surface area (Å²) in [5, 5.41) is 3.93. The molecule has 1 aromatic rings. The van der Waals surface area contributed by atoms with Gasteiger partial charge in [-0.3, -0.25) is 9.69 Å². The molecule has 0 spiro atoms. The van der Waals surface area contributed by atoms with Crippen LogP contribution in [0.5, 0.6) is 0 Å². The molecular weight excluding hydrogens is 264 g/mol. The van der Waals surface area contributed by atoms with Crippen molar-refractivity contribution in [1.82, 2.24) is 4.90 Å². The number of morpholine rings is 1. The van der Waals surface area contributed by atoms with Crippen molar-refractivity contribution in [1.29, 1.82) is 0 Å². The molecule has 1 fully saturated rings. The van der Waals surface area contributed by atoms with Gasteiger partial charge in [0, 0.05) is 31.7 Å². The summed E-state index contributed by atoms with van der Waals surface area (Å²) >= 11 is 6.12. The maximum absolute atomic E-state index is 11.3. The first-order valence-electron chi connectivity index (χ1n) is 6.51. The molecule has 104 valence electrons. The summed E-state index contributed by atoms with van der Waals surface area (Å²) < 4.78 is 5.30. The molecule has 1 aliphatic rings. The Morgan fingerprint density at radius 1 is 1.42 bits per heavy atom. The number of benzene rings is 1. The molecule has 5 heteroatoms. The summed E-state index contributed by atoms with van der Waals surface area (Å²) in [7, 11) is 0. The summed E-state index contributed by atoms with van der Waals surface area (Å²) in [6.07, 6.45) is 0. The van der Waals surface area contributed by atoms with Crippen LogP contribution < -0.4 is 5.32 Å². The number of nitrogens with zero attached hydrogens (tertiary/aromatic N) is 1. The Hall–Kier alpha value is -1.10. The lowest BCUT2D eigenvalue weighted by Crippen LogP contribution is -2.39. The number of ether oxygens (including phenoxy) is 1. The van der Waals surface area contributed by atoms with Crippen molar-refractivity contribution in [2.24, 2.45) is 0 Å². The maximum Gasteiger partial charge on any atom is 0.159 e. The number of carbonyl (C=O) groups excluding carboxylic acids is 1. The number of halogens is 1. The zero-order valence-corrected chi connectivity index (χ0v) is 11.9. The van der Waals surface area contributed by atoms with Crippen molar-refractivity contribution >= 4 is 23.1 Å². The van der Waals surface area contributed by atoms with Crippen molar-refractivity contribution in [3.63, 3.8) is 0 Å². The van der Waals surface area contributed by atoms with Crippen LogP contribution in [-0.2, 0) is 4.74 Å². The summed E-state index contributed by atoms with van der Waals surface area (Å²) in [6.45, 7) is 6.87. The fourth-order valence-corrected chi connectivity index (χ4v) is 2.24. The standard InChI is InChI=1S/C14H19ClN2O2/c1-11(18)12-2-3-13(15)14(10-12)16-4-5-17-6-8-19-9-7-17/h2-3,10,16H,4-9H2,1H3. The van der Waals surface area contributed by atoms with Crippen LogP contribution in [-0.4, -0.2) is 50.1 Å². The zero-order chi connectivity index (χ0) is 13.7. The highest BCUT2D eigenvalue weighted by Crippen LogP contribution is 2.23. The van der Waals surface area contributed by atoms with Gasteiger partial charge in [0.15, 0.2) is 5.78 Å². The Labute approximate surface area is 118 Å². The van der Waals surface area contributed by atoms with E-state index in [9.17, 15) is 4.79 Å². The highest BCUT2D eigenvalue weighted by molar-refractivity contribution is 6.33. The third-order valence-electron chi connectivity index (χ3n) is 3.22. The normalized spacial score (nSPS) is 16.3. The molecule has 1 aromatic carbocycles. The quantitative estimate of drug-likeness (QED) is 0.842. The molecule has 4 nitrogen and oxygen atoms in total. The topological polar surface area (TPSA) is 41.6 Å². The van der Waals surface area contributed by atoms with Gasteiger partial charge in [-0.25, -0.2) is 0 Å². The number of nitrogens with one attached hydrogen (secondary N) is 1. The summed E-state index contributed by atoms with van der Waals surface area (Å²) in [6, 6.07) is 5.32. The minimum absolute atomic E-state index is 0.0490. The van der Waals surface area contributed by atoms with E-state index in [1.807, 2.05) is 6.07 Å². The lowest BCUT2D eigenvalue weighted by Gasteiger charge is -2.26. The number of hydrogen-bond donors (Lipinski definition) is 1. The van der Waals surface area contributed by atoms with Crippen molar-refractivity contribution in [3.05, 3.63) is 28.8 Å². The molecule has 0 atom stereocenters. The predicted octanol–water partition coefficient (Wildman–Crippen LogP) is 2.29. The van der Waals surface area contributed by atoms with E-state index in [-0.39, 0.29) is 5.78 Å². The third-order valence-corrected chi connectivity index (χ3v) is 3.55. The van der Waals surface area contributed by atoms with Crippen LogP contribution in [0.25, 0.3) is 0 Å². The first kappa shape index (κ1) is 14.3. The van der Waals surface area contributed by atoms with Gasteiger partial charge in [0.25, 0.3) is 0 Å². The fourth-order valence-electron chi connectivity index (χ4n) is 2.05. The summed E-state index contributed by atoms with van der Waals surface area (Å²) in [4.78, 5) is 13.7. The number of Topliss-reactive ketones (excluding diaryl/α,β-unsaturated/α-hetero) is 1. The third kappa shape index (κ3) is 4.20. The second-order valence-electron chi connectivity index (χ2n) is 4.63. The van der Waals surface area contributed by atoms with Crippen molar-refractivity contribution in [2.75, 3.05) is 44.7 Å². The van der Waals surface area contributed by atoms with Gasteiger partial charge in [-0.2, -0.15) is 0 Å². The monoisotopic (exact) mass is 282 g/mol. The van der Waals surface area contributed by atoms with Crippen LogP contribution in [0, 0.1) is 0 Å². The Bertz CT molecular complexity index is 445. The Morgan fingerprint density at radius 2 is 2.16 bits per heavy atom. The van der Waals surface area contributed by atoms with Gasteiger partial charge in [-0.1, -0.05) is 11.6 Å². The van der Waals surface area contributed by atoms with Gasteiger partial charge in [0.05, 0.1) is 23.9 Å². The largest absolute Gasteiger partial charge is 0.383 e. The number of carbonyl (C=O) groups is 1. The Morgan fingerprint density at radius 3 is 2.84 bits per heavy atom. The Balaban J connectivity index is 1.87. The first-order chi connectivity index (χ1) is 9.16. The van der Waals surface area contributed by atoms with Gasteiger partial charge in [0.1, 0.15) is 0 Å². The molecule has 1 aliphatic heterocycles. The van der Waals surface area contributed by atoms with Crippen molar-refractivity contribution < 1.29 is 9.53 Å². The van der Waals surface area contributed by atoms with Crippen LogP contribution in [0.15, 0.2) is 18.2 Å². The highest BCUT2D eigenvalue weighted by Gasteiger charge is 2.10. The van der Waals surface area contributed by atoms with E-state index < -0.39 is 0 Å². The molecule has 1 saturated heterocycles. The molecule has 19 heavy (non-hydrogen) atoms. The van der Waals surface area contributed by atoms with E-state index in [0.29, 0.717) is 10.6 Å². The van der Waals surface area contributed by atoms with Crippen LogP contribution in [0.4, 0.5) is 5.69 Å². The van der Waals surface area contributed by atoms with Crippen LogP contribution in [0.2, 0.25) is 5.02 Å².